The van der Waals surface area contributed by atoms with Crippen molar-refractivity contribution >= 4 is 6.08 Å². The summed E-state index contributed by atoms with van der Waals surface area (Å²) in [7, 11) is 0. The third-order valence-corrected chi connectivity index (χ3v) is 2.46. The van der Waals surface area contributed by atoms with E-state index in [0.717, 1.165) is 0 Å². The molecule has 0 aromatic carbocycles. The molecule has 0 spiro atoms. The van der Waals surface area contributed by atoms with Crippen LogP contribution in [0, 0.1) is 0 Å². The summed E-state index contributed by atoms with van der Waals surface area (Å²) in [5.41, 5.74) is 2.71. The van der Waals surface area contributed by atoms with Crippen molar-refractivity contribution in [3.05, 3.63) is 53.9 Å². The van der Waals surface area contributed by atoms with Gasteiger partial charge in [0, 0.05) is 11.9 Å². The van der Waals surface area contributed by atoms with Crippen molar-refractivity contribution in [2.24, 2.45) is 0 Å². The zero-order chi connectivity index (χ0) is 7.97. The van der Waals surface area contributed by atoms with Crippen LogP contribution in [0.5, 0.6) is 0 Å². The first kappa shape index (κ1) is 6.06. The molecule has 12 heavy (non-hydrogen) atoms. The molecular weight excluding hydrogens is 146 g/mol. The molecule has 0 saturated carbocycles. The summed E-state index contributed by atoms with van der Waals surface area (Å²) in [6.45, 7) is 0. The van der Waals surface area contributed by atoms with Crippen molar-refractivity contribution in [3.63, 3.8) is 0 Å². The van der Waals surface area contributed by atoms with Crippen LogP contribution in [0.1, 0.15) is 11.7 Å². The molecule has 1 aromatic rings. The molecule has 0 amide bonds. The lowest BCUT2D eigenvalue weighted by Gasteiger charge is -2.13. The first-order valence-corrected chi connectivity index (χ1v) is 4.18. The normalized spacial score (nSPS) is 23.7. The smallest absolute Gasteiger partial charge is 0.0773 e. The maximum absolute atomic E-state index is 2.29. The minimum Gasteiger partial charge on any atom is -0.337 e. The molecule has 58 valence electrons. The summed E-state index contributed by atoms with van der Waals surface area (Å²) in [4.78, 5) is 0. The Hall–Kier alpha value is -1.50. The fourth-order valence-electron chi connectivity index (χ4n) is 1.89. The molecule has 2 heterocycles. The Bertz CT molecular complexity index is 404. The molecule has 1 atom stereocenters. The summed E-state index contributed by atoms with van der Waals surface area (Å²) < 4.78 is 2.29. The standard InChI is InChI=1S/C11H9N/c1-2-6-11-9(4-1)8-10-5-3-7-12(10)11/h1-8,11H. The van der Waals surface area contributed by atoms with E-state index in [2.05, 4.69) is 53.3 Å². The van der Waals surface area contributed by atoms with Crippen molar-refractivity contribution in [2.45, 2.75) is 6.04 Å². The first-order chi connectivity index (χ1) is 5.95. The Balaban J connectivity index is 2.23. The monoisotopic (exact) mass is 155 g/mol. The first-order valence-electron chi connectivity index (χ1n) is 4.18. The van der Waals surface area contributed by atoms with Gasteiger partial charge in [0.1, 0.15) is 0 Å². The summed E-state index contributed by atoms with van der Waals surface area (Å²) in [5, 5.41) is 0. The van der Waals surface area contributed by atoms with Gasteiger partial charge >= 0.3 is 0 Å². The van der Waals surface area contributed by atoms with Crippen LogP contribution in [0.3, 0.4) is 0 Å². The van der Waals surface area contributed by atoms with Crippen molar-refractivity contribution < 1.29 is 0 Å². The van der Waals surface area contributed by atoms with E-state index in [1.54, 1.807) is 0 Å². The number of fused-ring (bicyclic) bond motifs is 3. The highest BCUT2D eigenvalue weighted by molar-refractivity contribution is 5.62. The van der Waals surface area contributed by atoms with Crippen LogP contribution in [-0.2, 0) is 0 Å². The lowest BCUT2D eigenvalue weighted by atomic mass is 10.0. The van der Waals surface area contributed by atoms with Crippen molar-refractivity contribution in [3.8, 4) is 0 Å². The van der Waals surface area contributed by atoms with E-state index in [1.807, 2.05) is 0 Å². The average Bonchev–Trinajstić information content (AvgIpc) is 2.62. The number of rotatable bonds is 0. The molecule has 0 radical (unpaired) electrons. The van der Waals surface area contributed by atoms with Crippen molar-refractivity contribution in [2.75, 3.05) is 0 Å². The van der Waals surface area contributed by atoms with E-state index < -0.39 is 0 Å². The van der Waals surface area contributed by atoms with Gasteiger partial charge in [-0.3, -0.25) is 0 Å². The summed E-state index contributed by atoms with van der Waals surface area (Å²) >= 11 is 0. The van der Waals surface area contributed by atoms with Crippen molar-refractivity contribution in [1.82, 2.24) is 4.57 Å². The lowest BCUT2D eigenvalue weighted by molar-refractivity contribution is 0.721. The van der Waals surface area contributed by atoms with Crippen LogP contribution >= 0.6 is 0 Å². The van der Waals surface area contributed by atoms with Gasteiger partial charge in [-0.1, -0.05) is 24.3 Å². The van der Waals surface area contributed by atoms with Crippen molar-refractivity contribution in [1.29, 1.82) is 0 Å². The van der Waals surface area contributed by atoms with Gasteiger partial charge < -0.3 is 4.57 Å². The second kappa shape index (κ2) is 2.01. The molecule has 1 aromatic heterocycles. The Kier molecular flexibility index (Phi) is 1.01. The number of nitrogens with zero attached hydrogens (tertiary/aromatic N) is 1. The maximum Gasteiger partial charge on any atom is 0.0773 e. The van der Waals surface area contributed by atoms with Gasteiger partial charge in [-0.05, 0) is 23.8 Å². The van der Waals surface area contributed by atoms with Crippen LogP contribution in [0.2, 0.25) is 0 Å². The highest BCUT2D eigenvalue weighted by Gasteiger charge is 2.20. The molecule has 1 nitrogen and oxygen atoms in total. The molecular formula is C11H9N. The van der Waals surface area contributed by atoms with E-state index in [-0.39, 0.29) is 0 Å². The Labute approximate surface area is 71.3 Å². The van der Waals surface area contributed by atoms with Crippen LogP contribution in [0.4, 0.5) is 0 Å². The topological polar surface area (TPSA) is 4.93 Å². The van der Waals surface area contributed by atoms with Crippen LogP contribution in [0.25, 0.3) is 6.08 Å². The predicted octanol–water partition coefficient (Wildman–Crippen LogP) is 2.55. The number of allylic oxidation sites excluding steroid dienone is 5. The molecule has 0 saturated heterocycles. The Morgan fingerprint density at radius 3 is 3.25 bits per heavy atom. The van der Waals surface area contributed by atoms with E-state index in [1.165, 1.54) is 11.3 Å². The number of hydrogen-bond acceptors (Lipinski definition) is 0. The third-order valence-electron chi connectivity index (χ3n) is 2.46. The molecule has 0 N–H and O–H groups in total. The zero-order valence-electron chi connectivity index (χ0n) is 6.64. The van der Waals surface area contributed by atoms with Gasteiger partial charge in [-0.15, -0.1) is 0 Å². The zero-order valence-corrected chi connectivity index (χ0v) is 6.64. The second-order valence-corrected chi connectivity index (χ2v) is 3.17. The fourth-order valence-corrected chi connectivity index (χ4v) is 1.89. The Morgan fingerprint density at radius 1 is 1.25 bits per heavy atom. The molecule has 3 rings (SSSR count). The van der Waals surface area contributed by atoms with E-state index >= 15 is 0 Å². The highest BCUT2D eigenvalue weighted by Crippen LogP contribution is 2.33. The summed E-state index contributed by atoms with van der Waals surface area (Å²) in [6.07, 6.45) is 13.0. The molecule has 1 aliphatic carbocycles. The van der Waals surface area contributed by atoms with E-state index in [9.17, 15) is 0 Å². The van der Waals surface area contributed by atoms with Gasteiger partial charge in [0.15, 0.2) is 0 Å². The molecule has 2 aliphatic rings. The molecule has 1 unspecified atom stereocenters. The van der Waals surface area contributed by atoms with E-state index in [4.69, 9.17) is 0 Å². The van der Waals surface area contributed by atoms with Gasteiger partial charge in [0.2, 0.25) is 0 Å². The summed E-state index contributed by atoms with van der Waals surface area (Å²) in [6, 6.07) is 4.70. The number of hydrogen-bond donors (Lipinski definition) is 0. The van der Waals surface area contributed by atoms with Gasteiger partial charge in [-0.25, -0.2) is 0 Å². The lowest BCUT2D eigenvalue weighted by Crippen LogP contribution is -2.03. The molecule has 1 heteroatoms. The van der Waals surface area contributed by atoms with Crippen LogP contribution in [0.15, 0.2) is 48.2 Å². The summed E-state index contributed by atoms with van der Waals surface area (Å²) in [5.74, 6) is 0. The van der Waals surface area contributed by atoms with E-state index in [0.29, 0.717) is 6.04 Å². The third kappa shape index (κ3) is 0.632. The fraction of sp³-hybridized carbons (Fsp3) is 0.0909. The largest absolute Gasteiger partial charge is 0.337 e. The predicted molar refractivity (Wildman–Crippen MR) is 49.7 cm³/mol. The maximum atomic E-state index is 2.29. The minimum absolute atomic E-state index is 0.458. The highest BCUT2D eigenvalue weighted by atomic mass is 15.0. The average molecular weight is 155 g/mol. The second-order valence-electron chi connectivity index (χ2n) is 3.17. The van der Waals surface area contributed by atoms with Crippen LogP contribution < -0.4 is 0 Å². The minimum atomic E-state index is 0.458. The molecule has 0 bridgehead atoms. The van der Waals surface area contributed by atoms with Gasteiger partial charge in [0.05, 0.1) is 6.04 Å². The van der Waals surface area contributed by atoms with Crippen LogP contribution in [-0.4, -0.2) is 4.57 Å². The quantitative estimate of drug-likeness (QED) is 0.542. The Morgan fingerprint density at radius 2 is 2.25 bits per heavy atom. The molecule has 0 fully saturated rings. The van der Waals surface area contributed by atoms with Gasteiger partial charge in [0.25, 0.3) is 0 Å². The van der Waals surface area contributed by atoms with Gasteiger partial charge in [-0.2, -0.15) is 0 Å². The molecule has 1 aliphatic heterocycles. The SMILES string of the molecule is C1=CC2=Cc3cccn3C2C=C1. The number of aromatic nitrogens is 1.